The van der Waals surface area contributed by atoms with E-state index in [-0.39, 0.29) is 22.5 Å². The van der Waals surface area contributed by atoms with E-state index in [2.05, 4.69) is 28.2 Å². The molecule has 12 heteroatoms. The Morgan fingerprint density at radius 3 is 2.54 bits per heavy atom. The first-order chi connectivity index (χ1) is 17.1. The molecule has 2 aromatic carbocycles. The number of thiazole rings is 1. The Labute approximate surface area is 222 Å². The van der Waals surface area contributed by atoms with Crippen LogP contribution in [0.1, 0.15) is 6.42 Å². The van der Waals surface area contributed by atoms with Crippen LogP contribution in [0.4, 0.5) is 5.95 Å². The molecule has 0 bridgehead atoms. The lowest BCUT2D eigenvalue weighted by Crippen LogP contribution is -2.23. The topological polar surface area (TPSA) is 171 Å². The number of anilines is 1. The minimum atomic E-state index is 0. The predicted octanol–water partition coefficient (Wildman–Crippen LogP) is 3.03. The fourth-order valence-electron chi connectivity index (χ4n) is 3.86. The van der Waals surface area contributed by atoms with Gasteiger partial charge in [-0.25, -0.2) is 15.0 Å². The third kappa shape index (κ3) is 6.56. The number of phenols is 2. The van der Waals surface area contributed by atoms with E-state index in [4.69, 9.17) is 15.1 Å². The van der Waals surface area contributed by atoms with Gasteiger partial charge in [-0.15, -0.1) is 24.0 Å². The first-order valence-electron chi connectivity index (χ1n) is 11.1. The van der Waals surface area contributed by atoms with Gasteiger partial charge in [0.2, 0.25) is 5.95 Å². The highest BCUT2D eigenvalue weighted by Gasteiger charge is 2.20. The smallest absolute Gasteiger partial charge is 0.223 e. The van der Waals surface area contributed by atoms with Crippen molar-refractivity contribution in [1.82, 2.24) is 24.7 Å². The van der Waals surface area contributed by atoms with Gasteiger partial charge in [-0.1, -0.05) is 12.1 Å². The molecule has 1 aliphatic rings. The molecule has 1 atom stereocenters. The first kappa shape index (κ1) is 27.9. The molecule has 8 N–H and O–H groups in total. The number of phenolic OH excluding ortho intramolecular Hbond substituents is 2. The Hall–Kier alpha value is -3.68. The van der Waals surface area contributed by atoms with E-state index >= 15 is 0 Å². The average molecular weight is 541 g/mol. The third-order valence-electron chi connectivity index (χ3n) is 5.52. The van der Waals surface area contributed by atoms with Crippen LogP contribution in [-0.2, 0) is 0 Å². The standard InChI is InChI=1S/C19H18N6OS.C6H6OS.2H2O/c26-14-3-1-2-12(10-14)16-17(25-8-9-27-19(25)24-16)15-5-7-21-18(23-15)22-13-4-6-20-11-13;7-5-1-3-6(8)4-2-5;;/h1-3,5,7-10,13,20,26H,4,6,11H2,(H,21,22,23);1-4,7-8H;2*1H2/t13-;;;/m1.../s1. The van der Waals surface area contributed by atoms with Gasteiger partial charge in [0.15, 0.2) is 4.96 Å². The molecule has 4 heterocycles. The molecule has 0 unspecified atom stereocenters. The quantitative estimate of drug-likeness (QED) is 0.218. The summed E-state index contributed by atoms with van der Waals surface area (Å²) in [6.45, 7) is 1.93. The second-order valence-corrected chi connectivity index (χ2v) is 9.42. The SMILES string of the molecule is O.O.Oc1ccc(S)cc1.Oc1cccc(-c2nc3sccn3c2-c2ccnc(N[C@@H]3CCNC3)n2)c1. The molecule has 6 rings (SSSR count). The molecule has 0 saturated carbocycles. The number of hydrogen-bond donors (Lipinski definition) is 5. The molecule has 194 valence electrons. The van der Waals surface area contributed by atoms with Gasteiger partial charge in [0.25, 0.3) is 0 Å². The largest absolute Gasteiger partial charge is 0.508 e. The van der Waals surface area contributed by atoms with Crippen LogP contribution in [0.3, 0.4) is 0 Å². The fraction of sp³-hybridized carbons (Fsp3) is 0.160. The highest BCUT2D eigenvalue weighted by Crippen LogP contribution is 2.34. The van der Waals surface area contributed by atoms with Crippen LogP contribution in [0.15, 0.2) is 77.3 Å². The van der Waals surface area contributed by atoms with E-state index in [9.17, 15) is 5.11 Å². The molecule has 0 aliphatic carbocycles. The number of nitrogens with zero attached hydrogens (tertiary/aromatic N) is 4. The zero-order valence-electron chi connectivity index (χ0n) is 19.7. The second kappa shape index (κ2) is 12.5. The summed E-state index contributed by atoms with van der Waals surface area (Å²) in [6.07, 6.45) is 4.82. The first-order valence-corrected chi connectivity index (χ1v) is 12.4. The van der Waals surface area contributed by atoms with Gasteiger partial charge in [0.1, 0.15) is 17.2 Å². The highest BCUT2D eigenvalue weighted by atomic mass is 32.1. The van der Waals surface area contributed by atoms with Crippen molar-refractivity contribution < 1.29 is 21.2 Å². The van der Waals surface area contributed by atoms with Crippen molar-refractivity contribution >= 4 is 34.9 Å². The minimum Gasteiger partial charge on any atom is -0.508 e. The fourth-order valence-corrected chi connectivity index (χ4v) is 4.72. The molecular weight excluding hydrogens is 512 g/mol. The summed E-state index contributed by atoms with van der Waals surface area (Å²) in [7, 11) is 0. The number of aromatic hydroxyl groups is 2. The molecule has 0 spiro atoms. The van der Waals surface area contributed by atoms with Gasteiger partial charge in [-0.2, -0.15) is 0 Å². The Morgan fingerprint density at radius 1 is 1.03 bits per heavy atom. The molecule has 1 saturated heterocycles. The number of fused-ring (bicyclic) bond motifs is 1. The Morgan fingerprint density at radius 2 is 1.84 bits per heavy atom. The molecule has 1 aliphatic heterocycles. The van der Waals surface area contributed by atoms with Crippen LogP contribution in [0, 0.1) is 0 Å². The summed E-state index contributed by atoms with van der Waals surface area (Å²) in [5.41, 5.74) is 3.34. The summed E-state index contributed by atoms with van der Waals surface area (Å²) < 4.78 is 2.04. The van der Waals surface area contributed by atoms with Crippen molar-refractivity contribution in [2.24, 2.45) is 0 Å². The van der Waals surface area contributed by atoms with E-state index in [0.29, 0.717) is 12.0 Å². The van der Waals surface area contributed by atoms with E-state index in [1.165, 1.54) is 0 Å². The minimum absolute atomic E-state index is 0. The summed E-state index contributed by atoms with van der Waals surface area (Å²) in [4.78, 5) is 15.7. The molecule has 1 fully saturated rings. The zero-order valence-corrected chi connectivity index (χ0v) is 21.4. The normalized spacial score (nSPS) is 14.2. The van der Waals surface area contributed by atoms with E-state index < -0.39 is 0 Å². The lowest BCUT2D eigenvalue weighted by atomic mass is 10.1. The van der Waals surface area contributed by atoms with Crippen LogP contribution < -0.4 is 10.6 Å². The number of imidazole rings is 1. The van der Waals surface area contributed by atoms with Crippen LogP contribution in [0.25, 0.3) is 27.6 Å². The lowest BCUT2D eigenvalue weighted by Gasteiger charge is -2.12. The monoisotopic (exact) mass is 540 g/mol. The van der Waals surface area contributed by atoms with Crippen molar-refractivity contribution in [2.45, 2.75) is 17.4 Å². The van der Waals surface area contributed by atoms with E-state index in [1.54, 1.807) is 53.9 Å². The number of aromatic nitrogens is 4. The average Bonchev–Trinajstić information content (AvgIpc) is 3.60. The summed E-state index contributed by atoms with van der Waals surface area (Å²) in [5, 5.41) is 27.4. The molecule has 37 heavy (non-hydrogen) atoms. The number of rotatable bonds is 4. The van der Waals surface area contributed by atoms with Crippen molar-refractivity contribution in [1.29, 1.82) is 0 Å². The Bertz CT molecular complexity index is 1410. The summed E-state index contributed by atoms with van der Waals surface area (Å²) >= 11 is 5.59. The van der Waals surface area contributed by atoms with Crippen LogP contribution in [0.5, 0.6) is 11.5 Å². The predicted molar refractivity (Wildman–Crippen MR) is 149 cm³/mol. The molecular formula is C25H28N6O4S2. The number of nitrogens with one attached hydrogen (secondary N) is 2. The molecule has 5 aromatic rings. The van der Waals surface area contributed by atoms with Gasteiger partial charge in [-0.3, -0.25) is 4.40 Å². The van der Waals surface area contributed by atoms with Crippen LogP contribution in [0.2, 0.25) is 0 Å². The number of hydrogen-bond acceptors (Lipinski definition) is 9. The lowest BCUT2D eigenvalue weighted by molar-refractivity contribution is 0.474. The molecule has 0 radical (unpaired) electrons. The highest BCUT2D eigenvalue weighted by molar-refractivity contribution is 7.80. The number of benzene rings is 2. The van der Waals surface area contributed by atoms with Gasteiger partial charge < -0.3 is 31.8 Å². The summed E-state index contributed by atoms with van der Waals surface area (Å²) in [6, 6.07) is 16.1. The maximum atomic E-state index is 9.89. The van der Waals surface area contributed by atoms with E-state index in [1.807, 2.05) is 34.2 Å². The maximum absolute atomic E-state index is 9.89. The maximum Gasteiger partial charge on any atom is 0.223 e. The van der Waals surface area contributed by atoms with Crippen LogP contribution in [-0.4, -0.2) is 59.6 Å². The Kier molecular flexibility index (Phi) is 9.44. The van der Waals surface area contributed by atoms with Crippen molar-refractivity contribution in [3.8, 4) is 34.1 Å². The molecule has 3 aromatic heterocycles. The van der Waals surface area contributed by atoms with Gasteiger partial charge in [-0.05, 0) is 55.4 Å². The van der Waals surface area contributed by atoms with E-state index in [0.717, 1.165) is 52.0 Å². The van der Waals surface area contributed by atoms with Gasteiger partial charge >= 0.3 is 0 Å². The van der Waals surface area contributed by atoms with Crippen LogP contribution >= 0.6 is 24.0 Å². The third-order valence-corrected chi connectivity index (χ3v) is 6.58. The zero-order chi connectivity index (χ0) is 24.2. The van der Waals surface area contributed by atoms with Gasteiger partial charge in [0.05, 0.1) is 11.4 Å². The summed E-state index contributed by atoms with van der Waals surface area (Å²) in [5.74, 6) is 1.12. The van der Waals surface area contributed by atoms with Crippen molar-refractivity contribution in [3.05, 3.63) is 72.4 Å². The molecule has 0 amide bonds. The van der Waals surface area contributed by atoms with Crippen molar-refractivity contribution in [3.63, 3.8) is 0 Å². The number of thiol groups is 1. The Balaban J connectivity index is 0.000000329. The molecule has 10 nitrogen and oxygen atoms in total. The van der Waals surface area contributed by atoms with Gasteiger partial charge in [0, 0.05) is 40.8 Å². The van der Waals surface area contributed by atoms with Crippen molar-refractivity contribution in [2.75, 3.05) is 18.4 Å². The second-order valence-electron chi connectivity index (χ2n) is 8.03.